The third-order valence-electron chi connectivity index (χ3n) is 5.32. The van der Waals surface area contributed by atoms with Gasteiger partial charge in [-0.1, -0.05) is 42.5 Å². The third-order valence-corrected chi connectivity index (χ3v) is 7.14. The number of hydrogen-bond donors (Lipinski definition) is 1. The molecule has 9 nitrogen and oxygen atoms in total. The zero-order chi connectivity index (χ0) is 26.1. The van der Waals surface area contributed by atoms with Crippen molar-refractivity contribution >= 4 is 27.8 Å². The number of methoxy groups -OCH3 is 2. The molecule has 3 aromatic rings. The van der Waals surface area contributed by atoms with E-state index in [-0.39, 0.29) is 17.2 Å². The van der Waals surface area contributed by atoms with Crippen LogP contribution < -0.4 is 19.8 Å². The van der Waals surface area contributed by atoms with Gasteiger partial charge in [-0.25, -0.2) is 13.8 Å². The highest BCUT2D eigenvalue weighted by atomic mass is 32.2. The third kappa shape index (κ3) is 6.83. The van der Waals surface area contributed by atoms with Crippen LogP contribution in [0.2, 0.25) is 0 Å². The van der Waals surface area contributed by atoms with Gasteiger partial charge < -0.3 is 14.4 Å². The van der Waals surface area contributed by atoms with Gasteiger partial charge in [0.15, 0.2) is 0 Å². The number of rotatable bonds is 11. The van der Waals surface area contributed by atoms with Gasteiger partial charge in [0.2, 0.25) is 10.0 Å². The molecule has 0 fully saturated rings. The second kappa shape index (κ2) is 12.2. The molecule has 3 rings (SSSR count). The van der Waals surface area contributed by atoms with Gasteiger partial charge in [0.1, 0.15) is 16.4 Å². The van der Waals surface area contributed by atoms with E-state index in [9.17, 15) is 13.2 Å². The average molecular weight is 511 g/mol. The highest BCUT2D eigenvalue weighted by Crippen LogP contribution is 2.31. The van der Waals surface area contributed by atoms with Gasteiger partial charge in [-0.15, -0.1) is 0 Å². The molecule has 0 aliphatic heterocycles. The first-order chi connectivity index (χ1) is 17.2. The van der Waals surface area contributed by atoms with E-state index >= 15 is 0 Å². The Morgan fingerprint density at radius 2 is 1.67 bits per heavy atom. The first kappa shape index (κ1) is 26.7. The smallest absolute Gasteiger partial charge is 0.255 e. The van der Waals surface area contributed by atoms with Crippen molar-refractivity contribution in [3.05, 3.63) is 83.9 Å². The van der Waals surface area contributed by atoms with E-state index < -0.39 is 22.5 Å². The van der Waals surface area contributed by atoms with Crippen LogP contribution in [0.3, 0.4) is 0 Å². The lowest BCUT2D eigenvalue weighted by Gasteiger charge is -2.23. The Morgan fingerprint density at radius 1 is 0.972 bits per heavy atom. The van der Waals surface area contributed by atoms with Crippen LogP contribution in [0.5, 0.6) is 11.5 Å². The van der Waals surface area contributed by atoms with Gasteiger partial charge in [0, 0.05) is 32.4 Å². The van der Waals surface area contributed by atoms with Crippen molar-refractivity contribution in [3.63, 3.8) is 0 Å². The first-order valence-corrected chi connectivity index (χ1v) is 12.5. The lowest BCUT2D eigenvalue weighted by atomic mass is 10.2. The van der Waals surface area contributed by atoms with Crippen LogP contribution in [0, 0.1) is 0 Å². The quantitative estimate of drug-likeness (QED) is 0.314. The van der Waals surface area contributed by atoms with Crippen LogP contribution in [-0.2, 0) is 21.4 Å². The number of sulfonamides is 1. The number of hydrogen-bond acceptors (Lipinski definition) is 7. The molecule has 3 aromatic carbocycles. The number of ether oxygens (including phenoxy) is 2. The molecule has 0 aliphatic rings. The minimum Gasteiger partial charge on any atom is -0.497 e. The van der Waals surface area contributed by atoms with Gasteiger partial charge in [-0.3, -0.25) is 4.79 Å². The average Bonchev–Trinajstić information content (AvgIpc) is 2.88. The van der Waals surface area contributed by atoms with E-state index in [1.807, 2.05) is 49.3 Å². The Morgan fingerprint density at radius 3 is 2.28 bits per heavy atom. The summed E-state index contributed by atoms with van der Waals surface area (Å²) < 4.78 is 38.9. The van der Waals surface area contributed by atoms with Crippen molar-refractivity contribution < 1.29 is 22.7 Å². The minimum atomic E-state index is -4.15. The van der Waals surface area contributed by atoms with Gasteiger partial charge in [0.25, 0.3) is 5.91 Å². The molecule has 0 unspecified atom stereocenters. The number of nitrogens with zero attached hydrogens (tertiary/aromatic N) is 3. The van der Waals surface area contributed by atoms with Crippen LogP contribution in [0.25, 0.3) is 0 Å². The fourth-order valence-corrected chi connectivity index (χ4v) is 4.93. The van der Waals surface area contributed by atoms with E-state index in [1.54, 1.807) is 30.3 Å². The number of benzene rings is 3. The lowest BCUT2D eigenvalue weighted by Crippen LogP contribution is -2.39. The largest absolute Gasteiger partial charge is 0.497 e. The van der Waals surface area contributed by atoms with Crippen molar-refractivity contribution in [1.29, 1.82) is 0 Å². The van der Waals surface area contributed by atoms with Gasteiger partial charge in [-0.2, -0.15) is 9.41 Å². The van der Waals surface area contributed by atoms with Crippen LogP contribution in [0.4, 0.5) is 5.69 Å². The summed E-state index contributed by atoms with van der Waals surface area (Å²) in [6.07, 6.45) is 1.50. The topological polar surface area (TPSA) is 101 Å². The van der Waals surface area contributed by atoms with Crippen LogP contribution >= 0.6 is 0 Å². The van der Waals surface area contributed by atoms with E-state index in [4.69, 9.17) is 9.47 Å². The zero-order valence-electron chi connectivity index (χ0n) is 20.7. The van der Waals surface area contributed by atoms with E-state index in [0.717, 1.165) is 21.1 Å². The Bertz CT molecular complexity index is 1290. The molecule has 0 saturated carbocycles. The summed E-state index contributed by atoms with van der Waals surface area (Å²) in [6.45, 7) is -0.471. The van der Waals surface area contributed by atoms with E-state index in [1.165, 1.54) is 32.6 Å². The maximum atomic E-state index is 13.7. The second-order valence-corrected chi connectivity index (χ2v) is 9.96. The fourth-order valence-electron chi connectivity index (χ4n) is 3.37. The SMILES string of the molecule is COc1ccc(OC)c(S(=O)(=O)N(CC(=O)N/N=C/c2ccc(N(C)C)cc2)Cc2ccccc2)c1. The number of amides is 1. The van der Waals surface area contributed by atoms with Crippen molar-refractivity contribution in [1.82, 2.24) is 9.73 Å². The second-order valence-electron chi connectivity index (χ2n) is 8.05. The molecule has 0 spiro atoms. The van der Waals surface area contributed by atoms with Crippen molar-refractivity contribution in [2.24, 2.45) is 5.10 Å². The number of nitrogens with one attached hydrogen (secondary N) is 1. The number of anilines is 1. The summed E-state index contributed by atoms with van der Waals surface area (Å²) in [6, 6.07) is 21.1. The van der Waals surface area contributed by atoms with Crippen LogP contribution in [-0.4, -0.2) is 59.7 Å². The lowest BCUT2D eigenvalue weighted by molar-refractivity contribution is -0.121. The molecule has 0 atom stereocenters. The molecule has 0 saturated heterocycles. The molecule has 0 radical (unpaired) electrons. The minimum absolute atomic E-state index is 0.0212. The molecule has 190 valence electrons. The van der Waals surface area contributed by atoms with Crippen LogP contribution in [0.1, 0.15) is 11.1 Å². The molecule has 1 amide bonds. The predicted molar refractivity (Wildman–Crippen MR) is 140 cm³/mol. The Kier molecular flexibility index (Phi) is 9.04. The highest BCUT2D eigenvalue weighted by molar-refractivity contribution is 7.89. The summed E-state index contributed by atoms with van der Waals surface area (Å²) >= 11 is 0. The fraction of sp³-hybridized carbons (Fsp3) is 0.231. The molecule has 0 bridgehead atoms. The van der Waals surface area contributed by atoms with Gasteiger partial charge in [0.05, 0.1) is 27.0 Å². The standard InChI is InChI=1S/C26H30N4O5S/c1-29(2)22-12-10-20(11-13-22)17-27-28-26(31)19-30(18-21-8-6-5-7-9-21)36(32,33)25-16-23(34-3)14-15-24(25)35-4/h5-17H,18-19H2,1-4H3,(H,28,31)/b27-17+. The van der Waals surface area contributed by atoms with E-state index in [2.05, 4.69) is 10.5 Å². The predicted octanol–water partition coefficient (Wildman–Crippen LogP) is 3.11. The number of carbonyl (C=O) groups is 1. The summed E-state index contributed by atoms with van der Waals surface area (Å²) in [4.78, 5) is 14.6. The molecule has 1 N–H and O–H groups in total. The number of carbonyl (C=O) groups excluding carboxylic acids is 1. The van der Waals surface area contributed by atoms with Crippen molar-refractivity contribution in [2.45, 2.75) is 11.4 Å². The number of hydrazone groups is 1. The molecule has 0 aromatic heterocycles. The molecule has 36 heavy (non-hydrogen) atoms. The molecule has 10 heteroatoms. The molecule has 0 heterocycles. The maximum absolute atomic E-state index is 13.7. The highest BCUT2D eigenvalue weighted by Gasteiger charge is 2.30. The summed E-state index contributed by atoms with van der Waals surface area (Å²) in [7, 11) is 2.57. The van der Waals surface area contributed by atoms with E-state index in [0.29, 0.717) is 5.75 Å². The normalized spacial score (nSPS) is 11.5. The van der Waals surface area contributed by atoms with Crippen molar-refractivity contribution in [2.75, 3.05) is 39.8 Å². The van der Waals surface area contributed by atoms with Crippen LogP contribution in [0.15, 0.2) is 82.8 Å². The zero-order valence-corrected chi connectivity index (χ0v) is 21.5. The summed E-state index contributed by atoms with van der Waals surface area (Å²) in [5, 5.41) is 3.99. The molecular weight excluding hydrogens is 480 g/mol. The summed E-state index contributed by atoms with van der Waals surface area (Å²) in [5.74, 6) is -0.0886. The maximum Gasteiger partial charge on any atom is 0.255 e. The molecular formula is C26H30N4O5S. The summed E-state index contributed by atoms with van der Waals surface area (Å²) in [5.41, 5.74) is 4.96. The first-order valence-electron chi connectivity index (χ1n) is 11.1. The Labute approximate surface area is 212 Å². The monoisotopic (exact) mass is 510 g/mol. The van der Waals surface area contributed by atoms with Gasteiger partial charge >= 0.3 is 0 Å². The van der Waals surface area contributed by atoms with Gasteiger partial charge in [-0.05, 0) is 35.4 Å². The Hall–Kier alpha value is -3.89. The van der Waals surface area contributed by atoms with Crippen molar-refractivity contribution in [3.8, 4) is 11.5 Å². The molecule has 0 aliphatic carbocycles. The Balaban J connectivity index is 1.82.